The molecule has 2 N–H and O–H groups in total. The third kappa shape index (κ3) is 3.20. The Labute approximate surface area is 112 Å². The number of aliphatic hydroxyl groups is 1. The van der Waals surface area contributed by atoms with Gasteiger partial charge >= 0.3 is 0 Å². The predicted molar refractivity (Wildman–Crippen MR) is 76.0 cm³/mol. The topological polar surface area (TPSA) is 49.3 Å². The Morgan fingerprint density at radius 2 is 1.74 bits per heavy atom. The molecule has 19 heavy (non-hydrogen) atoms. The second-order valence-electron chi connectivity index (χ2n) is 4.56. The lowest BCUT2D eigenvalue weighted by Gasteiger charge is -2.14. The lowest BCUT2D eigenvalue weighted by atomic mass is 9.97. The third-order valence-electron chi connectivity index (χ3n) is 3.03. The molecular weight excluding hydrogens is 238 g/mol. The zero-order valence-corrected chi connectivity index (χ0v) is 11.1. The van der Waals surface area contributed by atoms with Crippen molar-refractivity contribution in [1.29, 1.82) is 0 Å². The van der Waals surface area contributed by atoms with E-state index in [0.717, 1.165) is 22.4 Å². The highest BCUT2D eigenvalue weighted by molar-refractivity contribution is 5.88. The number of benzene rings is 2. The van der Waals surface area contributed by atoms with Gasteiger partial charge in [0.25, 0.3) is 0 Å². The van der Waals surface area contributed by atoms with Crippen LogP contribution >= 0.6 is 0 Å². The minimum Gasteiger partial charge on any atom is -0.384 e. The van der Waals surface area contributed by atoms with E-state index in [1.807, 2.05) is 43.3 Å². The maximum Gasteiger partial charge on any atom is 0.221 e. The number of aryl methyl sites for hydroxylation is 1. The van der Waals surface area contributed by atoms with E-state index in [4.69, 9.17) is 0 Å². The van der Waals surface area contributed by atoms with Gasteiger partial charge < -0.3 is 10.4 Å². The average molecular weight is 255 g/mol. The van der Waals surface area contributed by atoms with E-state index in [-0.39, 0.29) is 5.91 Å². The van der Waals surface area contributed by atoms with Crippen molar-refractivity contribution in [2.45, 2.75) is 20.0 Å². The van der Waals surface area contributed by atoms with Crippen molar-refractivity contribution < 1.29 is 9.90 Å². The average Bonchev–Trinajstić information content (AvgIpc) is 2.39. The van der Waals surface area contributed by atoms with E-state index >= 15 is 0 Å². The van der Waals surface area contributed by atoms with Gasteiger partial charge in [0.15, 0.2) is 0 Å². The van der Waals surface area contributed by atoms with Gasteiger partial charge in [0.1, 0.15) is 6.10 Å². The van der Waals surface area contributed by atoms with Crippen molar-refractivity contribution in [2.75, 3.05) is 5.32 Å². The summed E-state index contributed by atoms with van der Waals surface area (Å²) in [6.45, 7) is 3.44. The molecule has 0 spiro atoms. The van der Waals surface area contributed by atoms with Crippen molar-refractivity contribution in [2.24, 2.45) is 0 Å². The predicted octanol–water partition coefficient (Wildman–Crippen LogP) is 3.04. The van der Waals surface area contributed by atoms with Crippen molar-refractivity contribution in [1.82, 2.24) is 0 Å². The third-order valence-corrected chi connectivity index (χ3v) is 3.03. The molecule has 0 saturated carbocycles. The molecule has 0 aliphatic carbocycles. The molecule has 1 amide bonds. The second kappa shape index (κ2) is 5.67. The molecular formula is C16H17NO2. The number of hydrogen-bond donors (Lipinski definition) is 2. The first-order chi connectivity index (χ1) is 9.08. The van der Waals surface area contributed by atoms with Crippen molar-refractivity contribution in [3.63, 3.8) is 0 Å². The molecule has 0 heterocycles. The van der Waals surface area contributed by atoms with Crippen LogP contribution < -0.4 is 5.32 Å². The molecule has 0 aliphatic rings. The lowest BCUT2D eigenvalue weighted by Crippen LogP contribution is -2.06. The van der Waals surface area contributed by atoms with Gasteiger partial charge in [-0.15, -0.1) is 0 Å². The highest BCUT2D eigenvalue weighted by atomic mass is 16.3. The number of rotatable bonds is 3. The van der Waals surface area contributed by atoms with E-state index < -0.39 is 6.10 Å². The van der Waals surface area contributed by atoms with Crippen LogP contribution in [0.25, 0.3) is 0 Å². The largest absolute Gasteiger partial charge is 0.384 e. The molecule has 2 rings (SSSR count). The summed E-state index contributed by atoms with van der Waals surface area (Å²) >= 11 is 0. The maximum atomic E-state index is 10.9. The van der Waals surface area contributed by atoms with Gasteiger partial charge in [0.2, 0.25) is 5.91 Å². The normalized spacial score (nSPS) is 11.9. The van der Waals surface area contributed by atoms with Crippen LogP contribution in [0.4, 0.5) is 5.69 Å². The second-order valence-corrected chi connectivity index (χ2v) is 4.56. The number of anilines is 1. The number of carbonyl (C=O) groups is 1. The summed E-state index contributed by atoms with van der Waals surface area (Å²) in [6, 6.07) is 15.0. The highest BCUT2D eigenvalue weighted by Crippen LogP contribution is 2.25. The molecule has 98 valence electrons. The summed E-state index contributed by atoms with van der Waals surface area (Å²) in [5.41, 5.74) is 3.49. The van der Waals surface area contributed by atoms with E-state index in [2.05, 4.69) is 5.32 Å². The molecule has 3 heteroatoms. The number of carbonyl (C=O) groups excluding carboxylic acids is 1. The van der Waals surface area contributed by atoms with Gasteiger partial charge in [0.05, 0.1) is 0 Å². The molecule has 0 saturated heterocycles. The van der Waals surface area contributed by atoms with Crippen LogP contribution in [0.3, 0.4) is 0 Å². The minimum atomic E-state index is -0.646. The molecule has 1 atom stereocenters. The fourth-order valence-corrected chi connectivity index (χ4v) is 2.03. The van der Waals surface area contributed by atoms with E-state index in [0.29, 0.717) is 0 Å². The molecule has 0 bridgehead atoms. The van der Waals surface area contributed by atoms with Crippen molar-refractivity contribution in [3.05, 3.63) is 65.2 Å². The first kappa shape index (κ1) is 13.3. The summed E-state index contributed by atoms with van der Waals surface area (Å²) in [7, 11) is 0. The molecule has 2 aromatic carbocycles. The highest BCUT2D eigenvalue weighted by Gasteiger charge is 2.12. The van der Waals surface area contributed by atoms with Crippen LogP contribution in [0.15, 0.2) is 48.5 Å². The Bertz CT molecular complexity index is 576. The summed E-state index contributed by atoms with van der Waals surface area (Å²) in [4.78, 5) is 10.9. The first-order valence-electron chi connectivity index (χ1n) is 6.19. The Balaban J connectivity index is 2.23. The summed E-state index contributed by atoms with van der Waals surface area (Å²) in [6.07, 6.45) is -0.646. The lowest BCUT2D eigenvalue weighted by molar-refractivity contribution is -0.114. The number of hydrogen-bond acceptors (Lipinski definition) is 2. The van der Waals surface area contributed by atoms with Gasteiger partial charge in [-0.25, -0.2) is 0 Å². The minimum absolute atomic E-state index is 0.104. The van der Waals surface area contributed by atoms with Crippen LogP contribution in [-0.2, 0) is 4.79 Å². The summed E-state index contributed by atoms with van der Waals surface area (Å²) < 4.78 is 0. The summed E-state index contributed by atoms with van der Waals surface area (Å²) in [5.74, 6) is -0.104. The zero-order chi connectivity index (χ0) is 13.8. The first-order valence-corrected chi connectivity index (χ1v) is 6.19. The number of nitrogens with one attached hydrogen (secondary N) is 1. The fourth-order valence-electron chi connectivity index (χ4n) is 2.03. The Morgan fingerprint density at radius 3 is 2.32 bits per heavy atom. The van der Waals surface area contributed by atoms with E-state index in [1.165, 1.54) is 6.92 Å². The number of amides is 1. The maximum absolute atomic E-state index is 10.9. The smallest absolute Gasteiger partial charge is 0.221 e. The Morgan fingerprint density at radius 1 is 1.11 bits per heavy atom. The van der Waals surface area contributed by atoms with Gasteiger partial charge in [0, 0.05) is 12.6 Å². The molecule has 0 fully saturated rings. The van der Waals surface area contributed by atoms with Gasteiger partial charge in [-0.1, -0.05) is 36.4 Å². The SMILES string of the molecule is CC(=O)Nc1ccc(C(O)c2ccccc2C)cc1. The quantitative estimate of drug-likeness (QED) is 0.885. The standard InChI is InChI=1S/C16H17NO2/c1-11-5-3-4-6-15(11)16(19)13-7-9-14(10-8-13)17-12(2)18/h3-10,16,19H,1-2H3,(H,17,18). The Hall–Kier alpha value is -2.13. The van der Waals surface area contributed by atoms with Crippen LogP contribution in [0.5, 0.6) is 0 Å². The van der Waals surface area contributed by atoms with Gasteiger partial charge in [-0.2, -0.15) is 0 Å². The monoisotopic (exact) mass is 255 g/mol. The van der Waals surface area contributed by atoms with E-state index in [1.54, 1.807) is 12.1 Å². The zero-order valence-electron chi connectivity index (χ0n) is 11.1. The number of aliphatic hydroxyl groups excluding tert-OH is 1. The Kier molecular flexibility index (Phi) is 3.97. The molecule has 0 aromatic heterocycles. The fraction of sp³-hybridized carbons (Fsp3) is 0.188. The van der Waals surface area contributed by atoms with Crippen molar-refractivity contribution in [3.8, 4) is 0 Å². The summed E-state index contributed by atoms with van der Waals surface area (Å²) in [5, 5.41) is 13.1. The van der Waals surface area contributed by atoms with Gasteiger partial charge in [-0.3, -0.25) is 4.79 Å². The van der Waals surface area contributed by atoms with Crippen LogP contribution in [0.2, 0.25) is 0 Å². The van der Waals surface area contributed by atoms with Crippen LogP contribution in [-0.4, -0.2) is 11.0 Å². The molecule has 0 radical (unpaired) electrons. The van der Waals surface area contributed by atoms with Crippen LogP contribution in [0.1, 0.15) is 29.7 Å². The molecule has 0 aliphatic heterocycles. The van der Waals surface area contributed by atoms with Crippen molar-refractivity contribution >= 4 is 11.6 Å². The molecule has 3 nitrogen and oxygen atoms in total. The molecule has 1 unspecified atom stereocenters. The van der Waals surface area contributed by atoms with Crippen LogP contribution in [0, 0.1) is 6.92 Å². The van der Waals surface area contributed by atoms with E-state index in [9.17, 15) is 9.90 Å². The van der Waals surface area contributed by atoms with Gasteiger partial charge in [-0.05, 0) is 35.7 Å². The molecule has 2 aromatic rings.